The van der Waals surface area contributed by atoms with Crippen molar-refractivity contribution in [1.82, 2.24) is 0 Å². The quantitative estimate of drug-likeness (QED) is 0.802. The number of hydrogen-bond donors (Lipinski definition) is 1. The third-order valence-electron chi connectivity index (χ3n) is 4.63. The maximum atomic E-state index is 14.0. The Morgan fingerprint density at radius 3 is 2.63 bits per heavy atom. The third-order valence-corrected chi connectivity index (χ3v) is 4.63. The molecule has 1 fully saturated rings. The van der Waals surface area contributed by atoms with Gasteiger partial charge in [0.1, 0.15) is 11.5 Å². The molecule has 0 heterocycles. The van der Waals surface area contributed by atoms with Crippen LogP contribution in [-0.2, 0) is 0 Å². The van der Waals surface area contributed by atoms with Gasteiger partial charge >= 0.3 is 0 Å². The number of nitrogens with one attached hydrogen (secondary N) is 1. The van der Waals surface area contributed by atoms with Gasteiger partial charge in [0.15, 0.2) is 5.82 Å². The molecule has 3 rings (SSSR count). The molecule has 0 radical (unpaired) electrons. The second kappa shape index (κ2) is 4.62. The first-order valence-corrected chi connectivity index (χ1v) is 6.95. The molecule has 1 aromatic carbocycles. The van der Waals surface area contributed by atoms with Gasteiger partial charge < -0.3 is 5.32 Å². The van der Waals surface area contributed by atoms with Gasteiger partial charge in [0.05, 0.1) is 0 Å². The molecule has 2 bridgehead atoms. The van der Waals surface area contributed by atoms with Crippen molar-refractivity contribution < 1.29 is 8.78 Å². The number of fused-ring (bicyclic) bond motifs is 2. The van der Waals surface area contributed by atoms with E-state index in [4.69, 9.17) is 0 Å². The minimum atomic E-state index is -0.506. The molecular formula is C16H19F2N. The van der Waals surface area contributed by atoms with E-state index in [2.05, 4.69) is 17.5 Å². The Bertz CT molecular complexity index is 524. The maximum absolute atomic E-state index is 14.0. The van der Waals surface area contributed by atoms with Crippen LogP contribution in [0.1, 0.15) is 25.3 Å². The molecule has 2 aliphatic rings. The standard InChI is InChI=1S/C16H19F2N/c1-9-3-6-14(17)16(15(9)18)19-10(2)13-8-11-4-5-12(13)7-11/h3-6,10-13,19H,7-8H2,1-2H3. The lowest BCUT2D eigenvalue weighted by atomic mass is 9.87. The molecule has 3 heteroatoms. The van der Waals surface area contributed by atoms with Crippen LogP contribution in [0.25, 0.3) is 0 Å². The van der Waals surface area contributed by atoms with Crippen molar-refractivity contribution in [3.8, 4) is 0 Å². The Kier molecular flexibility index (Phi) is 3.08. The lowest BCUT2D eigenvalue weighted by Crippen LogP contribution is -2.29. The molecule has 1 N–H and O–H groups in total. The predicted octanol–water partition coefficient (Wildman–Crippen LogP) is 4.29. The van der Waals surface area contributed by atoms with Crippen molar-refractivity contribution in [3.05, 3.63) is 41.5 Å². The van der Waals surface area contributed by atoms with Crippen molar-refractivity contribution in [2.24, 2.45) is 17.8 Å². The summed E-state index contributed by atoms with van der Waals surface area (Å²) in [4.78, 5) is 0. The summed E-state index contributed by atoms with van der Waals surface area (Å²) in [5, 5.41) is 3.06. The highest BCUT2D eigenvalue weighted by atomic mass is 19.1. The molecule has 102 valence electrons. The molecule has 1 aromatic rings. The highest BCUT2D eigenvalue weighted by Crippen LogP contribution is 2.45. The van der Waals surface area contributed by atoms with Crippen LogP contribution in [0.2, 0.25) is 0 Å². The number of allylic oxidation sites excluding steroid dienone is 2. The zero-order chi connectivity index (χ0) is 13.6. The maximum Gasteiger partial charge on any atom is 0.152 e. The Morgan fingerprint density at radius 2 is 2.00 bits per heavy atom. The largest absolute Gasteiger partial charge is 0.378 e. The van der Waals surface area contributed by atoms with Crippen molar-refractivity contribution in [2.45, 2.75) is 32.7 Å². The Balaban J connectivity index is 1.78. The predicted molar refractivity (Wildman–Crippen MR) is 73.0 cm³/mol. The van der Waals surface area contributed by atoms with E-state index >= 15 is 0 Å². The van der Waals surface area contributed by atoms with Crippen LogP contribution >= 0.6 is 0 Å². The summed E-state index contributed by atoms with van der Waals surface area (Å²) in [7, 11) is 0. The van der Waals surface area contributed by atoms with Gasteiger partial charge in [-0.15, -0.1) is 0 Å². The fraction of sp³-hybridized carbons (Fsp3) is 0.500. The fourth-order valence-corrected chi connectivity index (χ4v) is 3.52. The van der Waals surface area contributed by atoms with Crippen LogP contribution in [0.3, 0.4) is 0 Å². The topological polar surface area (TPSA) is 12.0 Å². The summed E-state index contributed by atoms with van der Waals surface area (Å²) in [5.41, 5.74) is 0.503. The Hall–Kier alpha value is -1.38. The van der Waals surface area contributed by atoms with Crippen LogP contribution in [0, 0.1) is 36.3 Å². The molecule has 2 aliphatic carbocycles. The van der Waals surface area contributed by atoms with Crippen molar-refractivity contribution >= 4 is 5.69 Å². The average molecular weight is 263 g/mol. The lowest BCUT2D eigenvalue weighted by Gasteiger charge is -2.27. The zero-order valence-electron chi connectivity index (χ0n) is 11.3. The zero-order valence-corrected chi connectivity index (χ0v) is 11.3. The Labute approximate surface area is 112 Å². The first-order chi connectivity index (χ1) is 9.06. The van der Waals surface area contributed by atoms with Gasteiger partial charge in [0.25, 0.3) is 0 Å². The van der Waals surface area contributed by atoms with E-state index in [0.29, 0.717) is 23.3 Å². The van der Waals surface area contributed by atoms with E-state index in [1.54, 1.807) is 6.92 Å². The van der Waals surface area contributed by atoms with Crippen LogP contribution in [0.5, 0.6) is 0 Å². The highest BCUT2D eigenvalue weighted by Gasteiger charge is 2.38. The highest BCUT2D eigenvalue weighted by molar-refractivity contribution is 5.49. The van der Waals surface area contributed by atoms with E-state index in [-0.39, 0.29) is 11.7 Å². The smallest absolute Gasteiger partial charge is 0.152 e. The van der Waals surface area contributed by atoms with Gasteiger partial charge in [-0.2, -0.15) is 0 Å². The van der Waals surface area contributed by atoms with Crippen LogP contribution in [-0.4, -0.2) is 6.04 Å². The second-order valence-corrected chi connectivity index (χ2v) is 5.93. The molecule has 1 saturated carbocycles. The van der Waals surface area contributed by atoms with Crippen LogP contribution in [0.4, 0.5) is 14.5 Å². The summed E-state index contributed by atoms with van der Waals surface area (Å²) in [6, 6.07) is 2.89. The van der Waals surface area contributed by atoms with E-state index in [1.807, 2.05) is 6.92 Å². The van der Waals surface area contributed by atoms with Gasteiger partial charge in [-0.05, 0) is 56.1 Å². The normalized spacial score (nSPS) is 29.8. The number of anilines is 1. The average Bonchev–Trinajstić information content (AvgIpc) is 3.01. The summed E-state index contributed by atoms with van der Waals surface area (Å²) in [5.74, 6) is 0.753. The second-order valence-electron chi connectivity index (χ2n) is 5.93. The van der Waals surface area contributed by atoms with Crippen LogP contribution in [0.15, 0.2) is 24.3 Å². The molecule has 0 spiro atoms. The molecule has 19 heavy (non-hydrogen) atoms. The number of rotatable bonds is 3. The number of aryl methyl sites for hydroxylation is 1. The van der Waals surface area contributed by atoms with Crippen molar-refractivity contribution in [2.75, 3.05) is 5.32 Å². The molecule has 0 amide bonds. The fourth-order valence-electron chi connectivity index (χ4n) is 3.52. The minimum absolute atomic E-state index is 0.0271. The lowest BCUT2D eigenvalue weighted by molar-refractivity contribution is 0.397. The molecule has 0 aliphatic heterocycles. The van der Waals surface area contributed by atoms with Gasteiger partial charge in [0, 0.05) is 6.04 Å². The monoisotopic (exact) mass is 263 g/mol. The van der Waals surface area contributed by atoms with Gasteiger partial charge in [0.2, 0.25) is 0 Å². The van der Waals surface area contributed by atoms with E-state index in [0.717, 1.165) is 6.42 Å². The molecular weight excluding hydrogens is 244 g/mol. The Morgan fingerprint density at radius 1 is 1.21 bits per heavy atom. The van der Waals surface area contributed by atoms with E-state index in [9.17, 15) is 8.78 Å². The first-order valence-electron chi connectivity index (χ1n) is 6.95. The summed E-state index contributed by atoms with van der Waals surface area (Å²) < 4.78 is 27.7. The molecule has 4 atom stereocenters. The summed E-state index contributed by atoms with van der Waals surface area (Å²) >= 11 is 0. The third kappa shape index (κ3) is 2.15. The van der Waals surface area contributed by atoms with Crippen molar-refractivity contribution in [1.29, 1.82) is 0 Å². The first kappa shape index (κ1) is 12.6. The minimum Gasteiger partial charge on any atom is -0.378 e. The van der Waals surface area contributed by atoms with Gasteiger partial charge in [-0.3, -0.25) is 0 Å². The number of benzene rings is 1. The SMILES string of the molecule is Cc1ccc(F)c(NC(C)C2CC3C=CC2C3)c1F. The summed E-state index contributed by atoms with van der Waals surface area (Å²) in [6.45, 7) is 3.69. The van der Waals surface area contributed by atoms with Crippen molar-refractivity contribution in [3.63, 3.8) is 0 Å². The number of halogens is 2. The van der Waals surface area contributed by atoms with E-state index in [1.165, 1.54) is 18.6 Å². The molecule has 0 aromatic heterocycles. The van der Waals surface area contributed by atoms with E-state index < -0.39 is 11.6 Å². The summed E-state index contributed by atoms with van der Waals surface area (Å²) in [6.07, 6.45) is 6.88. The molecule has 1 nitrogen and oxygen atoms in total. The van der Waals surface area contributed by atoms with Crippen LogP contribution < -0.4 is 5.32 Å². The van der Waals surface area contributed by atoms with Gasteiger partial charge in [-0.25, -0.2) is 8.78 Å². The molecule has 4 unspecified atom stereocenters. The van der Waals surface area contributed by atoms with Gasteiger partial charge in [-0.1, -0.05) is 18.2 Å². The number of hydrogen-bond acceptors (Lipinski definition) is 1. The molecule has 0 saturated heterocycles.